The van der Waals surface area contributed by atoms with E-state index in [4.69, 9.17) is 9.84 Å². The maximum absolute atomic E-state index is 12.2. The molecule has 1 unspecified atom stereocenters. The predicted octanol–water partition coefficient (Wildman–Crippen LogP) is 1.79. The van der Waals surface area contributed by atoms with Crippen LogP contribution in [0.3, 0.4) is 0 Å². The molecule has 0 radical (unpaired) electrons. The van der Waals surface area contributed by atoms with Crippen molar-refractivity contribution < 1.29 is 19.4 Å². The molecule has 0 spiro atoms. The molecule has 0 saturated carbocycles. The molecule has 1 aliphatic heterocycles. The third-order valence-electron chi connectivity index (χ3n) is 3.22. The Bertz CT molecular complexity index is 544. The van der Waals surface area contributed by atoms with Gasteiger partial charge in [-0.1, -0.05) is 24.3 Å². The number of carboxylic acids is 1. The van der Waals surface area contributed by atoms with Crippen LogP contribution in [0.2, 0.25) is 0 Å². The molecule has 0 aromatic heterocycles. The van der Waals surface area contributed by atoms with Gasteiger partial charge < -0.3 is 20.1 Å². The summed E-state index contributed by atoms with van der Waals surface area (Å²) in [4.78, 5) is 24.2. The van der Waals surface area contributed by atoms with E-state index < -0.39 is 12.0 Å². The summed E-state index contributed by atoms with van der Waals surface area (Å²) in [6, 6.07) is 6.91. The molecule has 1 aliphatic rings. The summed E-state index contributed by atoms with van der Waals surface area (Å²) in [5.41, 5.74) is 0.908. The van der Waals surface area contributed by atoms with Gasteiger partial charge in [0.15, 0.2) is 0 Å². The number of hydrogen-bond donors (Lipinski definition) is 2. The summed E-state index contributed by atoms with van der Waals surface area (Å²) < 4.78 is 5.53. The first-order chi connectivity index (χ1) is 10.1. The van der Waals surface area contributed by atoms with E-state index in [-0.39, 0.29) is 19.1 Å². The van der Waals surface area contributed by atoms with Gasteiger partial charge in [-0.2, -0.15) is 0 Å². The number of carbonyl (C=O) groups excluding carboxylic acids is 1. The van der Waals surface area contributed by atoms with Gasteiger partial charge in [-0.25, -0.2) is 4.79 Å². The number of carbonyl (C=O) groups is 2. The van der Waals surface area contributed by atoms with Crippen molar-refractivity contribution in [2.24, 2.45) is 0 Å². The summed E-state index contributed by atoms with van der Waals surface area (Å²) in [7, 11) is 0. The molecule has 1 heterocycles. The summed E-state index contributed by atoms with van der Waals surface area (Å²) >= 11 is 0. The number of hydrogen-bond acceptors (Lipinski definition) is 3. The quantitative estimate of drug-likeness (QED) is 0.810. The normalized spacial score (nSPS) is 16.3. The highest BCUT2D eigenvalue weighted by Gasteiger charge is 2.25. The van der Waals surface area contributed by atoms with Gasteiger partial charge in [0.05, 0.1) is 12.6 Å². The molecule has 0 bridgehead atoms. The Hall–Kier alpha value is -2.50. The molecule has 6 heteroatoms. The third-order valence-corrected chi connectivity index (χ3v) is 3.22. The molecule has 0 fully saturated rings. The molecule has 2 amide bonds. The largest absolute Gasteiger partial charge is 0.493 e. The number of para-hydroxylation sites is 1. The standard InChI is InChI=1S/C15H18N2O4/c1-2-8-17(10-14(18)19)15(20)16-12-7-9-21-13-6-4-3-5-11(12)13/h2-6,12H,1,7-10H2,(H,16,20)(H,18,19). The maximum Gasteiger partial charge on any atom is 0.323 e. The number of carboxylic acid groups (broad SMARTS) is 1. The fourth-order valence-corrected chi connectivity index (χ4v) is 2.27. The summed E-state index contributed by atoms with van der Waals surface area (Å²) in [5, 5.41) is 11.7. The van der Waals surface area contributed by atoms with Crippen molar-refractivity contribution in [1.82, 2.24) is 10.2 Å². The SMILES string of the molecule is C=CCN(CC(=O)O)C(=O)NC1CCOc2ccccc21. The second-order valence-electron chi connectivity index (χ2n) is 4.74. The lowest BCUT2D eigenvalue weighted by Gasteiger charge is -2.29. The molecule has 21 heavy (non-hydrogen) atoms. The predicted molar refractivity (Wildman–Crippen MR) is 77.2 cm³/mol. The zero-order valence-electron chi connectivity index (χ0n) is 11.6. The molecule has 2 N–H and O–H groups in total. The fraction of sp³-hybridized carbons (Fsp3) is 0.333. The number of amides is 2. The topological polar surface area (TPSA) is 78.9 Å². The maximum atomic E-state index is 12.2. The van der Waals surface area contributed by atoms with Crippen molar-refractivity contribution in [1.29, 1.82) is 0 Å². The van der Waals surface area contributed by atoms with Crippen molar-refractivity contribution >= 4 is 12.0 Å². The van der Waals surface area contributed by atoms with Crippen molar-refractivity contribution in [3.8, 4) is 5.75 Å². The van der Waals surface area contributed by atoms with E-state index in [0.29, 0.717) is 13.0 Å². The van der Waals surface area contributed by atoms with Crippen LogP contribution in [-0.4, -0.2) is 41.7 Å². The van der Waals surface area contributed by atoms with Gasteiger partial charge >= 0.3 is 12.0 Å². The van der Waals surface area contributed by atoms with E-state index >= 15 is 0 Å². The van der Waals surface area contributed by atoms with E-state index in [0.717, 1.165) is 11.3 Å². The van der Waals surface area contributed by atoms with Crippen LogP contribution < -0.4 is 10.1 Å². The zero-order chi connectivity index (χ0) is 15.2. The Labute approximate surface area is 123 Å². The Kier molecular flexibility index (Phi) is 4.81. The van der Waals surface area contributed by atoms with Crippen molar-refractivity contribution in [3.63, 3.8) is 0 Å². The highest BCUT2D eigenvalue weighted by atomic mass is 16.5. The van der Waals surface area contributed by atoms with Crippen molar-refractivity contribution in [2.45, 2.75) is 12.5 Å². The minimum Gasteiger partial charge on any atom is -0.493 e. The smallest absolute Gasteiger partial charge is 0.323 e. The molecule has 1 atom stereocenters. The average molecular weight is 290 g/mol. The third kappa shape index (κ3) is 3.75. The number of benzene rings is 1. The molecular formula is C15H18N2O4. The first-order valence-corrected chi connectivity index (χ1v) is 6.71. The van der Waals surface area contributed by atoms with Gasteiger partial charge in [-0.3, -0.25) is 4.79 Å². The first-order valence-electron chi connectivity index (χ1n) is 6.71. The van der Waals surface area contributed by atoms with E-state index in [1.165, 1.54) is 11.0 Å². The molecule has 0 aliphatic carbocycles. The van der Waals surface area contributed by atoms with Crippen LogP contribution in [0, 0.1) is 0 Å². The molecule has 2 rings (SSSR count). The zero-order valence-corrected chi connectivity index (χ0v) is 11.6. The Morgan fingerprint density at radius 1 is 1.48 bits per heavy atom. The average Bonchev–Trinajstić information content (AvgIpc) is 2.47. The van der Waals surface area contributed by atoms with Gasteiger partial charge in [0.25, 0.3) is 0 Å². The second kappa shape index (κ2) is 6.78. The fourth-order valence-electron chi connectivity index (χ4n) is 2.27. The number of fused-ring (bicyclic) bond motifs is 1. The minimum atomic E-state index is -1.06. The van der Waals surface area contributed by atoms with Crippen LogP contribution in [0.25, 0.3) is 0 Å². The molecule has 6 nitrogen and oxygen atoms in total. The van der Waals surface area contributed by atoms with Crippen LogP contribution >= 0.6 is 0 Å². The number of rotatable bonds is 5. The molecule has 0 saturated heterocycles. The summed E-state index contributed by atoms with van der Waals surface area (Å²) in [6.45, 7) is 3.88. The minimum absolute atomic E-state index is 0.177. The number of nitrogens with zero attached hydrogens (tertiary/aromatic N) is 1. The van der Waals surface area contributed by atoms with Crippen LogP contribution in [0.1, 0.15) is 18.0 Å². The molecule has 1 aromatic carbocycles. The molecule has 1 aromatic rings. The van der Waals surface area contributed by atoms with E-state index in [9.17, 15) is 9.59 Å². The molecule has 112 valence electrons. The highest BCUT2D eigenvalue weighted by Crippen LogP contribution is 2.31. The van der Waals surface area contributed by atoms with Gasteiger partial charge in [0.1, 0.15) is 12.3 Å². The lowest BCUT2D eigenvalue weighted by molar-refractivity contribution is -0.137. The van der Waals surface area contributed by atoms with Crippen LogP contribution in [-0.2, 0) is 4.79 Å². The van der Waals surface area contributed by atoms with Gasteiger partial charge in [-0.15, -0.1) is 6.58 Å². The van der Waals surface area contributed by atoms with E-state index in [1.807, 2.05) is 24.3 Å². The van der Waals surface area contributed by atoms with E-state index in [2.05, 4.69) is 11.9 Å². The lowest BCUT2D eigenvalue weighted by atomic mass is 10.0. The summed E-state index contributed by atoms with van der Waals surface area (Å²) in [6.07, 6.45) is 2.15. The Morgan fingerprint density at radius 2 is 2.24 bits per heavy atom. The van der Waals surface area contributed by atoms with Gasteiger partial charge in [0.2, 0.25) is 0 Å². The van der Waals surface area contributed by atoms with Crippen LogP contribution in [0.4, 0.5) is 4.79 Å². The van der Waals surface area contributed by atoms with Crippen LogP contribution in [0.5, 0.6) is 5.75 Å². The second-order valence-corrected chi connectivity index (χ2v) is 4.74. The summed E-state index contributed by atoms with van der Waals surface area (Å²) in [5.74, 6) is -0.304. The molecular weight excluding hydrogens is 272 g/mol. The van der Waals surface area contributed by atoms with Gasteiger partial charge in [-0.05, 0) is 6.07 Å². The Balaban J connectivity index is 2.08. The first kappa shape index (κ1) is 14.9. The number of ether oxygens (including phenoxy) is 1. The van der Waals surface area contributed by atoms with Crippen molar-refractivity contribution in [3.05, 3.63) is 42.5 Å². The highest BCUT2D eigenvalue weighted by molar-refractivity contribution is 5.80. The number of nitrogens with one attached hydrogen (secondary N) is 1. The van der Waals surface area contributed by atoms with Gasteiger partial charge in [0, 0.05) is 18.5 Å². The number of aliphatic carboxylic acids is 1. The Morgan fingerprint density at radius 3 is 2.95 bits per heavy atom. The number of urea groups is 1. The van der Waals surface area contributed by atoms with Crippen LogP contribution in [0.15, 0.2) is 36.9 Å². The lowest BCUT2D eigenvalue weighted by Crippen LogP contribution is -2.45. The van der Waals surface area contributed by atoms with Crippen molar-refractivity contribution in [2.75, 3.05) is 19.7 Å². The monoisotopic (exact) mass is 290 g/mol. The van der Waals surface area contributed by atoms with E-state index in [1.54, 1.807) is 0 Å².